The zero-order valence-electron chi connectivity index (χ0n) is 12.6. The van der Waals surface area contributed by atoms with E-state index >= 15 is 0 Å². The van der Waals surface area contributed by atoms with E-state index in [1.807, 2.05) is 0 Å². The predicted octanol–water partition coefficient (Wildman–Crippen LogP) is 0.717. The number of carbonyl (C=O) groups is 2. The molecule has 0 bridgehead atoms. The van der Waals surface area contributed by atoms with Gasteiger partial charge in [-0.15, -0.1) is 0 Å². The molecule has 3 heterocycles. The quantitative estimate of drug-likeness (QED) is 0.822. The van der Waals surface area contributed by atoms with Crippen LogP contribution in [0.1, 0.15) is 23.4 Å². The highest BCUT2D eigenvalue weighted by Gasteiger charge is 2.40. The minimum absolute atomic E-state index is 0.0360. The summed E-state index contributed by atoms with van der Waals surface area (Å²) in [5, 5.41) is 0. The molecule has 7 heteroatoms. The maximum absolute atomic E-state index is 12.3. The molecule has 0 saturated carbocycles. The van der Waals surface area contributed by atoms with Crippen molar-refractivity contribution in [2.75, 3.05) is 39.9 Å². The first-order valence-electron chi connectivity index (χ1n) is 7.44. The van der Waals surface area contributed by atoms with Crippen LogP contribution in [0.5, 0.6) is 0 Å². The number of furan rings is 1. The standard InChI is InChI=1S/C15H20N2O5/c1-16(14(19)12-3-2-8-20-12)11-13(18)17-6-4-15(5-7-17)21-9-10-22-15/h2-3,8H,4-7,9-11H2,1H3. The molecule has 0 aromatic carbocycles. The van der Waals surface area contributed by atoms with Crippen LogP contribution in [0.4, 0.5) is 0 Å². The van der Waals surface area contributed by atoms with Gasteiger partial charge in [-0.1, -0.05) is 0 Å². The average Bonchev–Trinajstić information content (AvgIpc) is 3.19. The third-order valence-electron chi connectivity index (χ3n) is 4.14. The van der Waals surface area contributed by atoms with Crippen molar-refractivity contribution in [3.8, 4) is 0 Å². The Morgan fingerprint density at radius 1 is 1.27 bits per heavy atom. The largest absolute Gasteiger partial charge is 0.459 e. The van der Waals surface area contributed by atoms with Gasteiger partial charge in [-0.2, -0.15) is 0 Å². The summed E-state index contributed by atoms with van der Waals surface area (Å²) in [4.78, 5) is 27.5. The van der Waals surface area contributed by atoms with Crippen LogP contribution in [0.15, 0.2) is 22.8 Å². The highest BCUT2D eigenvalue weighted by molar-refractivity contribution is 5.94. The van der Waals surface area contributed by atoms with Crippen molar-refractivity contribution in [3.05, 3.63) is 24.2 Å². The molecule has 120 valence electrons. The monoisotopic (exact) mass is 308 g/mol. The normalized spacial score (nSPS) is 20.3. The Kier molecular flexibility index (Phi) is 4.17. The zero-order chi connectivity index (χ0) is 15.6. The zero-order valence-corrected chi connectivity index (χ0v) is 12.6. The first kappa shape index (κ1) is 15.1. The van der Waals surface area contributed by atoms with Crippen molar-refractivity contribution in [2.24, 2.45) is 0 Å². The summed E-state index contributed by atoms with van der Waals surface area (Å²) in [6.07, 6.45) is 2.79. The first-order valence-corrected chi connectivity index (χ1v) is 7.44. The summed E-state index contributed by atoms with van der Waals surface area (Å²) in [5.41, 5.74) is 0. The van der Waals surface area contributed by atoms with Crippen molar-refractivity contribution in [1.82, 2.24) is 9.80 Å². The summed E-state index contributed by atoms with van der Waals surface area (Å²) in [5.74, 6) is -0.627. The third kappa shape index (κ3) is 3.00. The minimum Gasteiger partial charge on any atom is -0.459 e. The molecule has 22 heavy (non-hydrogen) atoms. The smallest absolute Gasteiger partial charge is 0.289 e. The van der Waals surface area contributed by atoms with Gasteiger partial charge in [0.15, 0.2) is 11.5 Å². The fourth-order valence-electron chi connectivity index (χ4n) is 2.85. The molecule has 2 aliphatic heterocycles. The molecule has 0 aliphatic carbocycles. The van der Waals surface area contributed by atoms with E-state index in [9.17, 15) is 9.59 Å². The van der Waals surface area contributed by atoms with Crippen LogP contribution in [-0.2, 0) is 14.3 Å². The molecule has 2 saturated heterocycles. The molecule has 0 atom stereocenters. The lowest BCUT2D eigenvalue weighted by Gasteiger charge is -2.38. The SMILES string of the molecule is CN(CC(=O)N1CCC2(CC1)OCCO2)C(=O)c1ccco1. The Hall–Kier alpha value is -1.86. The van der Waals surface area contributed by atoms with Crippen LogP contribution in [0.3, 0.4) is 0 Å². The van der Waals surface area contributed by atoms with E-state index in [0.717, 1.165) is 0 Å². The molecule has 2 fully saturated rings. The van der Waals surface area contributed by atoms with Gasteiger partial charge >= 0.3 is 0 Å². The van der Waals surface area contributed by atoms with Crippen molar-refractivity contribution >= 4 is 11.8 Å². The van der Waals surface area contributed by atoms with Crippen molar-refractivity contribution in [3.63, 3.8) is 0 Å². The number of piperidine rings is 1. The van der Waals surface area contributed by atoms with Crippen molar-refractivity contribution in [1.29, 1.82) is 0 Å². The van der Waals surface area contributed by atoms with E-state index in [1.54, 1.807) is 24.1 Å². The maximum atomic E-state index is 12.3. The van der Waals surface area contributed by atoms with Crippen LogP contribution < -0.4 is 0 Å². The predicted molar refractivity (Wildman–Crippen MR) is 76.1 cm³/mol. The number of likely N-dealkylation sites (N-methyl/N-ethyl adjacent to an activating group) is 1. The molecule has 1 aromatic heterocycles. The van der Waals surface area contributed by atoms with Crippen LogP contribution in [0.25, 0.3) is 0 Å². The lowest BCUT2D eigenvalue weighted by molar-refractivity contribution is -0.187. The summed E-state index contributed by atoms with van der Waals surface area (Å²) < 4.78 is 16.3. The molecular formula is C15H20N2O5. The topological polar surface area (TPSA) is 72.2 Å². The Balaban J connectivity index is 1.51. The van der Waals surface area contributed by atoms with Gasteiger partial charge in [-0.3, -0.25) is 9.59 Å². The Labute approximate surface area is 128 Å². The summed E-state index contributed by atoms with van der Waals surface area (Å²) in [6.45, 7) is 2.44. The first-order chi connectivity index (χ1) is 10.6. The second-order valence-electron chi connectivity index (χ2n) is 5.63. The van der Waals surface area contributed by atoms with Gasteiger partial charge < -0.3 is 23.7 Å². The molecule has 0 radical (unpaired) electrons. The van der Waals surface area contributed by atoms with Gasteiger partial charge in [-0.05, 0) is 12.1 Å². The Morgan fingerprint density at radius 3 is 2.55 bits per heavy atom. The lowest BCUT2D eigenvalue weighted by Crippen LogP contribution is -2.50. The maximum Gasteiger partial charge on any atom is 0.289 e. The fourth-order valence-corrected chi connectivity index (χ4v) is 2.85. The van der Waals surface area contributed by atoms with Crippen molar-refractivity contribution < 1.29 is 23.5 Å². The molecular weight excluding hydrogens is 288 g/mol. The van der Waals surface area contributed by atoms with Gasteiger partial charge in [0.25, 0.3) is 5.91 Å². The van der Waals surface area contributed by atoms with Gasteiger partial charge in [-0.25, -0.2) is 0 Å². The van der Waals surface area contributed by atoms with E-state index in [4.69, 9.17) is 13.9 Å². The number of ether oxygens (including phenoxy) is 2. The molecule has 7 nitrogen and oxygen atoms in total. The number of likely N-dealkylation sites (tertiary alicyclic amines) is 1. The summed E-state index contributed by atoms with van der Waals surface area (Å²) in [6, 6.07) is 3.23. The van der Waals surface area contributed by atoms with E-state index < -0.39 is 5.79 Å². The van der Waals surface area contributed by atoms with Gasteiger partial charge in [0.2, 0.25) is 5.91 Å². The third-order valence-corrected chi connectivity index (χ3v) is 4.14. The average molecular weight is 308 g/mol. The second kappa shape index (κ2) is 6.10. The molecule has 0 N–H and O–H groups in total. The van der Waals surface area contributed by atoms with Crippen LogP contribution in [0.2, 0.25) is 0 Å². The highest BCUT2D eigenvalue weighted by atomic mass is 16.7. The summed E-state index contributed by atoms with van der Waals surface area (Å²) >= 11 is 0. The van der Waals surface area contributed by atoms with E-state index in [2.05, 4.69) is 0 Å². The van der Waals surface area contributed by atoms with Crippen molar-refractivity contribution in [2.45, 2.75) is 18.6 Å². The summed E-state index contributed by atoms with van der Waals surface area (Å²) in [7, 11) is 1.59. The number of hydrogen-bond donors (Lipinski definition) is 0. The lowest BCUT2D eigenvalue weighted by atomic mass is 10.0. The van der Waals surface area contributed by atoms with Crippen LogP contribution in [0, 0.1) is 0 Å². The molecule has 2 amide bonds. The molecule has 1 aromatic rings. The van der Waals surface area contributed by atoms with Gasteiger partial charge in [0.05, 0.1) is 26.0 Å². The van der Waals surface area contributed by atoms with Crippen LogP contribution in [-0.4, -0.2) is 67.3 Å². The van der Waals surface area contributed by atoms with E-state index in [0.29, 0.717) is 39.1 Å². The Morgan fingerprint density at radius 2 is 1.95 bits per heavy atom. The number of amides is 2. The highest BCUT2D eigenvalue weighted by Crippen LogP contribution is 2.31. The number of rotatable bonds is 3. The van der Waals surface area contributed by atoms with E-state index in [1.165, 1.54) is 11.2 Å². The second-order valence-corrected chi connectivity index (χ2v) is 5.63. The number of nitrogens with zero attached hydrogens (tertiary/aromatic N) is 2. The van der Waals surface area contributed by atoms with Crippen LogP contribution >= 0.6 is 0 Å². The van der Waals surface area contributed by atoms with E-state index in [-0.39, 0.29) is 24.1 Å². The van der Waals surface area contributed by atoms with Gasteiger partial charge in [0, 0.05) is 33.0 Å². The fraction of sp³-hybridized carbons (Fsp3) is 0.600. The Bertz CT molecular complexity index is 526. The molecule has 2 aliphatic rings. The molecule has 1 spiro atoms. The number of hydrogen-bond acceptors (Lipinski definition) is 5. The number of carbonyl (C=O) groups excluding carboxylic acids is 2. The molecule has 3 rings (SSSR count). The minimum atomic E-state index is -0.493. The molecule has 0 unspecified atom stereocenters. The van der Waals surface area contributed by atoms with Gasteiger partial charge in [0.1, 0.15) is 0 Å².